The van der Waals surface area contributed by atoms with Crippen LogP contribution in [0, 0.1) is 12.8 Å². The monoisotopic (exact) mass is 332 g/mol. The van der Waals surface area contributed by atoms with Crippen LogP contribution >= 0.6 is 0 Å². The van der Waals surface area contributed by atoms with Crippen molar-refractivity contribution in [1.29, 1.82) is 0 Å². The van der Waals surface area contributed by atoms with Crippen molar-refractivity contribution in [3.63, 3.8) is 0 Å². The summed E-state index contributed by atoms with van der Waals surface area (Å²) in [5.74, 6) is 0.281. The summed E-state index contributed by atoms with van der Waals surface area (Å²) in [5, 5.41) is 0. The Morgan fingerprint density at radius 2 is 1.90 bits per heavy atom. The summed E-state index contributed by atoms with van der Waals surface area (Å²) < 4.78 is 50.7. The number of hydrogen-bond acceptors (Lipinski definition) is 5. The zero-order valence-electron chi connectivity index (χ0n) is 12.0. The van der Waals surface area contributed by atoms with Crippen LogP contribution < -0.4 is 10.5 Å². The molecule has 1 saturated carbocycles. The van der Waals surface area contributed by atoms with E-state index in [1.807, 2.05) is 0 Å². The van der Waals surface area contributed by atoms with Crippen LogP contribution in [0.1, 0.15) is 18.4 Å². The lowest BCUT2D eigenvalue weighted by Crippen LogP contribution is -2.41. The van der Waals surface area contributed by atoms with Crippen molar-refractivity contribution in [2.24, 2.45) is 11.7 Å². The summed E-state index contributed by atoms with van der Waals surface area (Å²) in [6.45, 7) is 1.86. The third-order valence-corrected chi connectivity index (χ3v) is 6.37. The Morgan fingerprint density at radius 1 is 1.29 bits per heavy atom. The van der Waals surface area contributed by atoms with Crippen LogP contribution in [0.5, 0.6) is 0 Å². The van der Waals surface area contributed by atoms with Gasteiger partial charge >= 0.3 is 0 Å². The molecule has 1 aromatic carbocycles. The van der Waals surface area contributed by atoms with Gasteiger partial charge in [0.1, 0.15) is 0 Å². The lowest BCUT2D eigenvalue weighted by atomic mass is 10.2. The molecule has 21 heavy (non-hydrogen) atoms. The van der Waals surface area contributed by atoms with Crippen LogP contribution in [0.4, 0.5) is 0 Å². The number of hydrogen-bond donors (Lipinski definition) is 2. The Bertz CT molecular complexity index is 737. The lowest BCUT2D eigenvalue weighted by Gasteiger charge is -2.17. The van der Waals surface area contributed by atoms with E-state index in [-0.39, 0.29) is 28.3 Å². The second kappa shape index (κ2) is 5.68. The van der Waals surface area contributed by atoms with Crippen molar-refractivity contribution < 1.29 is 16.8 Å². The number of rotatable bonds is 6. The molecule has 0 heterocycles. The van der Waals surface area contributed by atoms with E-state index < -0.39 is 19.9 Å². The first-order chi connectivity index (χ1) is 9.65. The topological polar surface area (TPSA) is 106 Å². The molecule has 1 atom stereocenters. The van der Waals surface area contributed by atoms with E-state index in [0.29, 0.717) is 5.56 Å². The number of nitrogens with two attached hydrogens (primary N) is 1. The molecule has 118 valence electrons. The Hall–Kier alpha value is -0.960. The Morgan fingerprint density at radius 3 is 2.38 bits per heavy atom. The smallest absolute Gasteiger partial charge is 0.241 e. The average Bonchev–Trinajstić information content (AvgIpc) is 3.19. The molecule has 8 heteroatoms. The van der Waals surface area contributed by atoms with Gasteiger partial charge < -0.3 is 5.73 Å². The van der Waals surface area contributed by atoms with E-state index in [1.54, 1.807) is 6.92 Å². The van der Waals surface area contributed by atoms with Crippen LogP contribution in [0.15, 0.2) is 28.0 Å². The van der Waals surface area contributed by atoms with E-state index in [2.05, 4.69) is 4.72 Å². The molecule has 0 aliphatic heterocycles. The molecule has 0 amide bonds. The summed E-state index contributed by atoms with van der Waals surface area (Å²) in [5.41, 5.74) is 6.11. The normalized spacial score (nSPS) is 17.7. The SMILES string of the molecule is Cc1ccc(S(C)(=O)=O)cc1S(=O)(=O)NC(CN)C1CC1. The van der Waals surface area contributed by atoms with Crippen molar-refractivity contribution in [1.82, 2.24) is 4.72 Å². The quantitative estimate of drug-likeness (QED) is 0.785. The van der Waals surface area contributed by atoms with E-state index in [1.165, 1.54) is 18.2 Å². The summed E-state index contributed by atoms with van der Waals surface area (Å²) in [6.07, 6.45) is 2.98. The standard InChI is InChI=1S/C13H20N2O4S2/c1-9-3-6-11(20(2,16)17)7-13(9)21(18,19)15-12(8-14)10-4-5-10/h3,6-7,10,12,15H,4-5,8,14H2,1-2H3. The molecular formula is C13H20N2O4S2. The molecule has 0 radical (unpaired) electrons. The second-order valence-corrected chi connectivity index (χ2v) is 9.20. The fourth-order valence-electron chi connectivity index (χ4n) is 2.20. The molecule has 0 saturated heterocycles. The predicted molar refractivity (Wildman–Crippen MR) is 80.2 cm³/mol. The average molecular weight is 332 g/mol. The highest BCUT2D eigenvalue weighted by Gasteiger charge is 2.34. The minimum Gasteiger partial charge on any atom is -0.329 e. The van der Waals surface area contributed by atoms with Crippen molar-refractivity contribution in [3.8, 4) is 0 Å². The van der Waals surface area contributed by atoms with Gasteiger partial charge in [-0.2, -0.15) is 0 Å². The molecule has 1 fully saturated rings. The lowest BCUT2D eigenvalue weighted by molar-refractivity contribution is 0.518. The van der Waals surface area contributed by atoms with Gasteiger partial charge in [-0.1, -0.05) is 6.07 Å². The Balaban J connectivity index is 2.39. The summed E-state index contributed by atoms with van der Waals surface area (Å²) in [4.78, 5) is -0.0197. The van der Waals surface area contributed by atoms with E-state index in [9.17, 15) is 16.8 Å². The van der Waals surface area contributed by atoms with E-state index in [0.717, 1.165) is 19.1 Å². The molecule has 0 bridgehead atoms. The van der Waals surface area contributed by atoms with Crippen molar-refractivity contribution in [3.05, 3.63) is 23.8 Å². The molecule has 2 rings (SSSR count). The molecule has 1 unspecified atom stereocenters. The first-order valence-corrected chi connectivity index (χ1v) is 10.1. The first kappa shape index (κ1) is 16.4. The third-order valence-electron chi connectivity index (χ3n) is 3.63. The van der Waals surface area contributed by atoms with Crippen LogP contribution in [0.25, 0.3) is 0 Å². The molecule has 6 nitrogen and oxygen atoms in total. The van der Waals surface area contributed by atoms with Crippen LogP contribution in [-0.4, -0.2) is 35.7 Å². The molecule has 0 spiro atoms. The molecule has 1 aliphatic rings. The highest BCUT2D eigenvalue weighted by Crippen LogP contribution is 2.33. The minimum absolute atomic E-state index is 0.00970. The number of nitrogens with one attached hydrogen (secondary N) is 1. The maximum atomic E-state index is 12.5. The maximum absolute atomic E-state index is 12.5. The van der Waals surface area contributed by atoms with Gasteiger partial charge in [-0.25, -0.2) is 21.6 Å². The maximum Gasteiger partial charge on any atom is 0.241 e. The summed E-state index contributed by atoms with van der Waals surface area (Å²) in [6, 6.07) is 3.81. The number of sulfone groups is 1. The van der Waals surface area contributed by atoms with Gasteiger partial charge in [0, 0.05) is 18.8 Å². The first-order valence-electron chi connectivity index (χ1n) is 6.68. The van der Waals surface area contributed by atoms with Crippen molar-refractivity contribution >= 4 is 19.9 Å². The zero-order valence-corrected chi connectivity index (χ0v) is 13.7. The highest BCUT2D eigenvalue weighted by atomic mass is 32.2. The molecule has 3 N–H and O–H groups in total. The van der Waals surface area contributed by atoms with Crippen LogP contribution in [0.3, 0.4) is 0 Å². The van der Waals surface area contributed by atoms with Gasteiger partial charge in [0.2, 0.25) is 10.0 Å². The van der Waals surface area contributed by atoms with Crippen molar-refractivity contribution in [2.75, 3.05) is 12.8 Å². The van der Waals surface area contributed by atoms with Gasteiger partial charge in [0.05, 0.1) is 9.79 Å². The molecular weight excluding hydrogens is 312 g/mol. The second-order valence-electron chi connectivity index (χ2n) is 5.50. The van der Waals surface area contributed by atoms with E-state index in [4.69, 9.17) is 5.73 Å². The predicted octanol–water partition coefficient (Wildman–Crippen LogP) is 0.414. The van der Waals surface area contributed by atoms with Gasteiger partial charge in [-0.3, -0.25) is 0 Å². The summed E-state index contributed by atoms with van der Waals surface area (Å²) >= 11 is 0. The number of benzene rings is 1. The van der Waals surface area contributed by atoms with Crippen LogP contribution in [0.2, 0.25) is 0 Å². The Kier molecular flexibility index (Phi) is 4.44. The summed E-state index contributed by atoms with van der Waals surface area (Å²) in [7, 11) is -7.24. The van der Waals surface area contributed by atoms with Gasteiger partial charge in [-0.15, -0.1) is 0 Å². The number of sulfonamides is 1. The largest absolute Gasteiger partial charge is 0.329 e. The Labute approximate surface area is 125 Å². The fraction of sp³-hybridized carbons (Fsp3) is 0.538. The zero-order chi connectivity index (χ0) is 15.8. The molecule has 1 aliphatic carbocycles. The molecule has 0 aromatic heterocycles. The van der Waals surface area contributed by atoms with Crippen molar-refractivity contribution in [2.45, 2.75) is 35.6 Å². The van der Waals surface area contributed by atoms with Crippen LogP contribution in [-0.2, 0) is 19.9 Å². The minimum atomic E-state index is -3.78. The van der Waals surface area contributed by atoms with E-state index >= 15 is 0 Å². The highest BCUT2D eigenvalue weighted by molar-refractivity contribution is 7.91. The fourth-order valence-corrected chi connectivity index (χ4v) is 4.51. The third kappa shape index (κ3) is 3.82. The van der Waals surface area contributed by atoms with Gasteiger partial charge in [0.25, 0.3) is 0 Å². The van der Waals surface area contributed by atoms with Gasteiger partial charge in [-0.05, 0) is 43.4 Å². The molecule has 1 aromatic rings. The number of aryl methyl sites for hydroxylation is 1. The van der Waals surface area contributed by atoms with Gasteiger partial charge in [0.15, 0.2) is 9.84 Å².